The largest absolute Gasteiger partial charge is 0.502 e. The molecule has 0 radical (unpaired) electrons. The fourth-order valence-electron chi connectivity index (χ4n) is 6.69. The molecule has 0 aliphatic carbocycles. The molecule has 2 bridgehead atoms. The Bertz CT molecular complexity index is 1530. The summed E-state index contributed by atoms with van der Waals surface area (Å²) in [4.78, 5) is 40.1. The summed E-state index contributed by atoms with van der Waals surface area (Å²) in [7, 11) is 1.31. The lowest BCUT2D eigenvalue weighted by atomic mass is 9.83. The lowest BCUT2D eigenvalue weighted by Gasteiger charge is -2.42. The van der Waals surface area contributed by atoms with Crippen molar-refractivity contribution in [3.63, 3.8) is 0 Å². The van der Waals surface area contributed by atoms with Crippen molar-refractivity contribution in [2.45, 2.75) is 83.2 Å². The van der Waals surface area contributed by atoms with Crippen LogP contribution < -0.4 is 15.7 Å². The smallest absolute Gasteiger partial charge is 0.306 e. The number of hydrogen-bond donors (Lipinski definition) is 1. The number of carbonyl (C=O) groups is 1. The van der Waals surface area contributed by atoms with Crippen LogP contribution in [0.1, 0.15) is 92.9 Å². The lowest BCUT2D eigenvalue weighted by molar-refractivity contribution is -0.140. The van der Waals surface area contributed by atoms with Crippen LogP contribution in [0.15, 0.2) is 62.5 Å². The van der Waals surface area contributed by atoms with Gasteiger partial charge in [-0.15, -0.1) is 0 Å². The summed E-state index contributed by atoms with van der Waals surface area (Å²) in [6.07, 6.45) is 8.01. The van der Waals surface area contributed by atoms with E-state index in [9.17, 15) is 19.5 Å². The predicted octanol–water partition coefficient (Wildman–Crippen LogP) is 5.56. The highest BCUT2D eigenvalue weighted by Gasteiger charge is 2.35. The van der Waals surface area contributed by atoms with Crippen molar-refractivity contribution in [3.8, 4) is 11.5 Å². The minimum Gasteiger partial charge on any atom is -0.502 e. The number of aromatic hydroxyl groups is 1. The molecule has 0 saturated carbocycles. The van der Waals surface area contributed by atoms with Crippen LogP contribution in [0.2, 0.25) is 0 Å². The van der Waals surface area contributed by atoms with Gasteiger partial charge >= 0.3 is 5.97 Å². The van der Waals surface area contributed by atoms with Gasteiger partial charge in [0.25, 0.3) is 5.56 Å². The van der Waals surface area contributed by atoms with E-state index in [0.29, 0.717) is 36.9 Å². The second kappa shape index (κ2) is 14.8. The first-order chi connectivity index (χ1) is 21.4. The van der Waals surface area contributed by atoms with Crippen LogP contribution in [-0.4, -0.2) is 47.3 Å². The van der Waals surface area contributed by atoms with Crippen molar-refractivity contribution in [3.05, 3.63) is 91.9 Å². The number of benzene rings is 1. The number of ether oxygens (including phenoxy) is 2. The average Bonchev–Trinajstić information content (AvgIpc) is 3.02. The molecule has 2 aromatic heterocycles. The van der Waals surface area contributed by atoms with Crippen molar-refractivity contribution in [1.82, 2.24) is 9.47 Å². The third-order valence-corrected chi connectivity index (χ3v) is 8.90. The molecule has 1 aromatic carbocycles. The molecule has 4 heterocycles. The average molecular weight is 605 g/mol. The van der Waals surface area contributed by atoms with E-state index in [0.717, 1.165) is 43.8 Å². The Morgan fingerprint density at radius 3 is 2.57 bits per heavy atom. The molecule has 44 heavy (non-hydrogen) atoms. The van der Waals surface area contributed by atoms with Crippen molar-refractivity contribution in [2.75, 3.05) is 26.8 Å². The summed E-state index contributed by atoms with van der Waals surface area (Å²) in [6.45, 7) is 5.39. The maximum atomic E-state index is 13.0. The standard InChI is InChI=1S/C35H44N2O7/c1-3-4-5-6-7-8-16-43-27-14-12-25(13-15-27)29(19-33(40)42-2)35-34(41)31(38)18-28(44-35)23-36-20-24-17-26(22-36)30-10-9-11-32(39)37(30)21-24/h9-15,18,24,26,29,41H,3-8,16-17,19-23H2,1-2H3/t24-,26+,29+/m1/s1. The SMILES string of the molecule is CCCCCCCCOc1ccc([C@H](CC(=O)OC)c2oc(CN3C[C@H]4C[C@@H](C3)c3cccc(=O)n3C4)cc(=O)c2O)cc1. The van der Waals surface area contributed by atoms with Crippen molar-refractivity contribution >= 4 is 5.97 Å². The van der Waals surface area contributed by atoms with Crippen LogP contribution in [0.3, 0.4) is 0 Å². The number of nitrogens with zero attached hydrogens (tertiary/aromatic N) is 2. The number of pyridine rings is 1. The monoisotopic (exact) mass is 604 g/mol. The molecule has 1 N–H and O–H groups in total. The van der Waals surface area contributed by atoms with Crippen molar-refractivity contribution in [2.24, 2.45) is 5.92 Å². The van der Waals surface area contributed by atoms with E-state index in [4.69, 9.17) is 13.9 Å². The molecule has 236 valence electrons. The van der Waals surface area contributed by atoms with Gasteiger partial charge in [0.15, 0.2) is 5.76 Å². The number of unbranched alkanes of at least 4 members (excludes halogenated alkanes) is 5. The molecule has 0 spiro atoms. The Labute approximate surface area is 258 Å². The third kappa shape index (κ3) is 7.62. The van der Waals surface area contributed by atoms with E-state index >= 15 is 0 Å². The molecule has 9 nitrogen and oxygen atoms in total. The molecule has 2 aliphatic rings. The second-order valence-electron chi connectivity index (χ2n) is 12.2. The molecule has 0 unspecified atom stereocenters. The Balaban J connectivity index is 1.31. The third-order valence-electron chi connectivity index (χ3n) is 8.90. The predicted molar refractivity (Wildman–Crippen MR) is 167 cm³/mol. The number of fused-ring (bicyclic) bond motifs is 4. The first-order valence-electron chi connectivity index (χ1n) is 15.9. The molecule has 2 aliphatic heterocycles. The zero-order chi connectivity index (χ0) is 31.1. The molecular formula is C35H44N2O7. The number of carbonyl (C=O) groups excluding carboxylic acids is 1. The van der Waals surface area contributed by atoms with Crippen molar-refractivity contribution < 1.29 is 23.8 Å². The number of esters is 1. The summed E-state index contributed by atoms with van der Waals surface area (Å²) in [5.41, 5.74) is 1.23. The molecule has 0 amide bonds. The van der Waals surface area contributed by atoms with Gasteiger partial charge < -0.3 is 23.6 Å². The fourth-order valence-corrected chi connectivity index (χ4v) is 6.69. The molecule has 3 aromatic rings. The van der Waals surface area contributed by atoms with Gasteiger partial charge in [-0.05, 0) is 42.5 Å². The topological polar surface area (TPSA) is 111 Å². The maximum absolute atomic E-state index is 13.0. The summed E-state index contributed by atoms with van der Waals surface area (Å²) in [5, 5.41) is 10.9. The van der Waals surface area contributed by atoms with Crippen molar-refractivity contribution in [1.29, 1.82) is 0 Å². The first-order valence-corrected chi connectivity index (χ1v) is 15.9. The first kappa shape index (κ1) is 31.6. The zero-order valence-electron chi connectivity index (χ0n) is 25.8. The summed E-state index contributed by atoms with van der Waals surface area (Å²) >= 11 is 0. The van der Waals surface area contributed by atoms with E-state index in [2.05, 4.69) is 11.8 Å². The highest BCUT2D eigenvalue weighted by molar-refractivity contribution is 5.71. The Morgan fingerprint density at radius 1 is 1.02 bits per heavy atom. The van der Waals surface area contributed by atoms with E-state index in [1.165, 1.54) is 38.9 Å². The van der Waals surface area contributed by atoms with Crippen LogP contribution in [0.25, 0.3) is 0 Å². The molecule has 9 heteroatoms. The van der Waals surface area contributed by atoms with Gasteiger partial charge in [-0.25, -0.2) is 0 Å². The Hall–Kier alpha value is -3.85. The minimum atomic E-state index is -0.720. The highest BCUT2D eigenvalue weighted by Crippen LogP contribution is 2.37. The van der Waals surface area contributed by atoms with E-state index in [-0.39, 0.29) is 23.7 Å². The van der Waals surface area contributed by atoms with Gasteiger partial charge in [0, 0.05) is 43.4 Å². The molecule has 1 saturated heterocycles. The maximum Gasteiger partial charge on any atom is 0.306 e. The van der Waals surface area contributed by atoms with Gasteiger partial charge in [0.1, 0.15) is 11.5 Å². The van der Waals surface area contributed by atoms with E-state index < -0.39 is 23.1 Å². The lowest BCUT2D eigenvalue weighted by Crippen LogP contribution is -2.46. The zero-order valence-corrected chi connectivity index (χ0v) is 25.8. The van der Waals surface area contributed by atoms with Gasteiger partial charge in [-0.2, -0.15) is 0 Å². The normalized spacial score (nSPS) is 18.4. The number of hydrogen-bond acceptors (Lipinski definition) is 8. The van der Waals surface area contributed by atoms with Crippen LogP contribution in [0.4, 0.5) is 0 Å². The summed E-state index contributed by atoms with van der Waals surface area (Å²) in [5.74, 6) is 0.0144. The van der Waals surface area contributed by atoms with Crippen LogP contribution >= 0.6 is 0 Å². The van der Waals surface area contributed by atoms with Crippen LogP contribution in [0.5, 0.6) is 11.5 Å². The molecule has 3 atom stereocenters. The van der Waals surface area contributed by atoms with Gasteiger partial charge in [-0.3, -0.25) is 19.3 Å². The second-order valence-corrected chi connectivity index (χ2v) is 12.2. The molecular weight excluding hydrogens is 560 g/mol. The van der Waals surface area contributed by atoms with Crippen LogP contribution in [0, 0.1) is 5.92 Å². The molecule has 5 rings (SSSR count). The number of likely N-dealkylation sites (tertiary alicyclic amines) is 1. The fraction of sp³-hybridized carbons (Fsp3) is 0.514. The highest BCUT2D eigenvalue weighted by atomic mass is 16.5. The van der Waals surface area contributed by atoms with Gasteiger partial charge in [0.2, 0.25) is 11.2 Å². The Morgan fingerprint density at radius 2 is 1.80 bits per heavy atom. The molecule has 1 fully saturated rings. The number of piperidine rings is 1. The summed E-state index contributed by atoms with van der Waals surface area (Å²) < 4.78 is 19.0. The Kier molecular flexibility index (Phi) is 10.6. The van der Waals surface area contributed by atoms with Crippen LogP contribution in [-0.2, 0) is 22.6 Å². The van der Waals surface area contributed by atoms with Gasteiger partial charge in [-0.1, -0.05) is 57.2 Å². The van der Waals surface area contributed by atoms with Gasteiger partial charge in [0.05, 0.1) is 32.6 Å². The van der Waals surface area contributed by atoms with E-state index in [1.54, 1.807) is 6.07 Å². The van der Waals surface area contributed by atoms with E-state index in [1.807, 2.05) is 41.0 Å². The summed E-state index contributed by atoms with van der Waals surface area (Å²) in [6, 6.07) is 14.1. The number of aromatic nitrogens is 1. The minimum absolute atomic E-state index is 0.0360. The quantitative estimate of drug-likeness (QED) is 0.188. The number of methoxy groups -OCH3 is 1. The number of rotatable bonds is 14.